The first-order valence-electron chi connectivity index (χ1n) is 6.94. The van der Waals surface area contributed by atoms with E-state index in [0.29, 0.717) is 25.7 Å². The molecule has 1 amide bonds. The summed E-state index contributed by atoms with van der Waals surface area (Å²) in [5.74, 6) is 0.995. The van der Waals surface area contributed by atoms with Crippen LogP contribution in [-0.4, -0.2) is 29.9 Å². The van der Waals surface area contributed by atoms with Gasteiger partial charge < -0.3 is 14.6 Å². The summed E-state index contributed by atoms with van der Waals surface area (Å²) in [6.07, 6.45) is 8.06. The molecule has 1 aliphatic rings. The number of rotatable bonds is 7. The van der Waals surface area contributed by atoms with Gasteiger partial charge in [-0.2, -0.15) is 0 Å². The van der Waals surface area contributed by atoms with Crippen molar-refractivity contribution in [2.45, 2.75) is 38.3 Å². The van der Waals surface area contributed by atoms with E-state index >= 15 is 0 Å². The Morgan fingerprint density at radius 1 is 1.53 bits per heavy atom. The van der Waals surface area contributed by atoms with Crippen LogP contribution in [0.3, 0.4) is 0 Å². The van der Waals surface area contributed by atoms with Gasteiger partial charge in [0, 0.05) is 12.6 Å². The summed E-state index contributed by atoms with van der Waals surface area (Å²) in [5.41, 5.74) is 0. The Kier molecular flexibility index (Phi) is 5.21. The lowest BCUT2D eigenvalue weighted by Crippen LogP contribution is -2.43. The highest BCUT2D eigenvalue weighted by Crippen LogP contribution is 2.25. The molecule has 1 N–H and O–H groups in total. The molecule has 0 aromatic carbocycles. The number of furan rings is 1. The largest absolute Gasteiger partial charge is 0.467 e. The Labute approximate surface area is 114 Å². The van der Waals surface area contributed by atoms with E-state index in [2.05, 4.69) is 11.9 Å². The minimum atomic E-state index is 0.144. The molecule has 0 spiro atoms. The fraction of sp³-hybridized carbons (Fsp3) is 0.533. The Hall–Kier alpha value is -1.55. The van der Waals surface area contributed by atoms with Crippen molar-refractivity contribution in [1.29, 1.82) is 0 Å². The molecule has 2 rings (SSSR count). The first-order chi connectivity index (χ1) is 9.31. The van der Waals surface area contributed by atoms with Crippen LogP contribution >= 0.6 is 0 Å². The average Bonchev–Trinajstić information content (AvgIpc) is 3.09. The van der Waals surface area contributed by atoms with Crippen molar-refractivity contribution >= 4 is 5.91 Å². The monoisotopic (exact) mass is 262 g/mol. The Balaban J connectivity index is 1.96. The zero-order valence-electron chi connectivity index (χ0n) is 11.3. The number of nitrogens with one attached hydrogen (secondary N) is 1. The van der Waals surface area contributed by atoms with Crippen LogP contribution < -0.4 is 5.32 Å². The van der Waals surface area contributed by atoms with Crippen LogP contribution in [-0.2, 0) is 11.3 Å². The molecule has 0 aliphatic heterocycles. The third-order valence-electron chi connectivity index (χ3n) is 3.56. The molecule has 0 atom stereocenters. The van der Waals surface area contributed by atoms with Crippen LogP contribution in [0, 0.1) is 0 Å². The average molecular weight is 262 g/mol. The number of hydrogen-bond donors (Lipinski definition) is 1. The predicted molar refractivity (Wildman–Crippen MR) is 74.6 cm³/mol. The third-order valence-corrected chi connectivity index (χ3v) is 3.56. The molecule has 1 aliphatic carbocycles. The summed E-state index contributed by atoms with van der Waals surface area (Å²) in [6.45, 7) is 5.24. The van der Waals surface area contributed by atoms with Crippen LogP contribution in [0.1, 0.15) is 31.4 Å². The summed E-state index contributed by atoms with van der Waals surface area (Å²) in [4.78, 5) is 14.3. The second-order valence-corrected chi connectivity index (χ2v) is 4.96. The number of amides is 1. The minimum Gasteiger partial charge on any atom is -0.467 e. The molecule has 0 radical (unpaired) electrons. The molecule has 19 heavy (non-hydrogen) atoms. The van der Waals surface area contributed by atoms with Gasteiger partial charge in [-0.1, -0.05) is 18.9 Å². The quantitative estimate of drug-likeness (QED) is 0.606. The molecule has 1 fully saturated rings. The van der Waals surface area contributed by atoms with Crippen LogP contribution in [0.25, 0.3) is 0 Å². The van der Waals surface area contributed by atoms with Crippen molar-refractivity contribution in [3.63, 3.8) is 0 Å². The molecule has 1 aromatic rings. The van der Waals surface area contributed by atoms with E-state index in [-0.39, 0.29) is 5.91 Å². The van der Waals surface area contributed by atoms with Crippen molar-refractivity contribution in [3.8, 4) is 0 Å². The van der Waals surface area contributed by atoms with E-state index in [4.69, 9.17) is 4.42 Å². The van der Waals surface area contributed by atoms with Gasteiger partial charge in [0.25, 0.3) is 0 Å². The minimum absolute atomic E-state index is 0.144. The summed E-state index contributed by atoms with van der Waals surface area (Å²) < 4.78 is 5.37. The number of carbonyl (C=O) groups excluding carboxylic acids is 1. The van der Waals surface area contributed by atoms with Gasteiger partial charge in [-0.15, -0.1) is 6.58 Å². The van der Waals surface area contributed by atoms with Crippen LogP contribution in [0.4, 0.5) is 0 Å². The SMILES string of the molecule is C=CCNCC(=O)N(Cc1ccco1)C1CCCC1. The zero-order valence-corrected chi connectivity index (χ0v) is 11.3. The van der Waals surface area contributed by atoms with Crippen molar-refractivity contribution < 1.29 is 9.21 Å². The highest BCUT2D eigenvalue weighted by atomic mass is 16.3. The molecule has 104 valence electrons. The molecular formula is C15H22N2O2. The maximum atomic E-state index is 12.3. The summed E-state index contributed by atoms with van der Waals surface area (Å²) in [6, 6.07) is 4.15. The van der Waals surface area contributed by atoms with Gasteiger partial charge >= 0.3 is 0 Å². The van der Waals surface area contributed by atoms with Crippen molar-refractivity contribution in [2.24, 2.45) is 0 Å². The van der Waals surface area contributed by atoms with Gasteiger partial charge in [-0.25, -0.2) is 0 Å². The molecule has 1 aromatic heterocycles. The fourth-order valence-electron chi connectivity index (χ4n) is 2.59. The highest BCUT2D eigenvalue weighted by molar-refractivity contribution is 5.78. The topological polar surface area (TPSA) is 45.5 Å². The number of carbonyl (C=O) groups is 1. The highest BCUT2D eigenvalue weighted by Gasteiger charge is 2.26. The van der Waals surface area contributed by atoms with E-state index in [1.807, 2.05) is 17.0 Å². The van der Waals surface area contributed by atoms with E-state index in [0.717, 1.165) is 18.6 Å². The van der Waals surface area contributed by atoms with E-state index in [1.165, 1.54) is 12.8 Å². The fourth-order valence-corrected chi connectivity index (χ4v) is 2.59. The normalized spacial score (nSPS) is 15.6. The van der Waals surface area contributed by atoms with Crippen molar-refractivity contribution in [3.05, 3.63) is 36.8 Å². The first-order valence-corrected chi connectivity index (χ1v) is 6.94. The lowest BCUT2D eigenvalue weighted by Gasteiger charge is -2.28. The molecule has 0 bridgehead atoms. The second-order valence-electron chi connectivity index (χ2n) is 4.96. The lowest BCUT2D eigenvalue weighted by atomic mass is 10.2. The maximum absolute atomic E-state index is 12.3. The van der Waals surface area contributed by atoms with Crippen LogP contribution in [0.15, 0.2) is 35.5 Å². The van der Waals surface area contributed by atoms with Gasteiger partial charge in [-0.3, -0.25) is 4.79 Å². The van der Waals surface area contributed by atoms with E-state index in [9.17, 15) is 4.79 Å². The molecule has 0 saturated heterocycles. The molecule has 4 heteroatoms. The summed E-state index contributed by atoms with van der Waals surface area (Å²) in [5, 5.41) is 3.08. The molecule has 0 unspecified atom stereocenters. The first kappa shape index (κ1) is 13.9. The van der Waals surface area contributed by atoms with Crippen LogP contribution in [0.5, 0.6) is 0 Å². The van der Waals surface area contributed by atoms with Crippen LogP contribution in [0.2, 0.25) is 0 Å². The second kappa shape index (κ2) is 7.14. The third kappa shape index (κ3) is 3.96. The lowest BCUT2D eigenvalue weighted by molar-refractivity contribution is -0.133. The standard InChI is InChI=1S/C15H22N2O2/c1-2-9-16-11-15(18)17(13-6-3-4-7-13)12-14-8-5-10-19-14/h2,5,8,10,13,16H,1,3-4,6-7,9,11-12H2. The Bertz CT molecular complexity index is 394. The van der Waals surface area contributed by atoms with Crippen molar-refractivity contribution in [2.75, 3.05) is 13.1 Å². The Morgan fingerprint density at radius 2 is 2.32 bits per heavy atom. The smallest absolute Gasteiger partial charge is 0.237 e. The molecule has 1 saturated carbocycles. The predicted octanol–water partition coefficient (Wildman–Crippen LogP) is 2.33. The maximum Gasteiger partial charge on any atom is 0.237 e. The molecule has 1 heterocycles. The molecular weight excluding hydrogens is 240 g/mol. The van der Waals surface area contributed by atoms with Gasteiger partial charge in [-0.05, 0) is 25.0 Å². The van der Waals surface area contributed by atoms with Gasteiger partial charge in [0.2, 0.25) is 5.91 Å². The van der Waals surface area contributed by atoms with E-state index in [1.54, 1.807) is 12.3 Å². The zero-order chi connectivity index (χ0) is 13.5. The van der Waals surface area contributed by atoms with Crippen molar-refractivity contribution in [1.82, 2.24) is 10.2 Å². The number of nitrogens with zero attached hydrogens (tertiary/aromatic N) is 1. The summed E-state index contributed by atoms with van der Waals surface area (Å²) in [7, 11) is 0. The van der Waals surface area contributed by atoms with Gasteiger partial charge in [0.05, 0.1) is 19.4 Å². The van der Waals surface area contributed by atoms with E-state index < -0.39 is 0 Å². The summed E-state index contributed by atoms with van der Waals surface area (Å²) >= 11 is 0. The number of hydrogen-bond acceptors (Lipinski definition) is 3. The van der Waals surface area contributed by atoms with Gasteiger partial charge in [0.1, 0.15) is 5.76 Å². The molecule has 4 nitrogen and oxygen atoms in total. The Morgan fingerprint density at radius 3 is 2.95 bits per heavy atom. The van der Waals surface area contributed by atoms with Gasteiger partial charge in [0.15, 0.2) is 0 Å².